The Hall–Kier alpha value is -1.10. The summed E-state index contributed by atoms with van der Waals surface area (Å²) in [5, 5.41) is 10.5. The van der Waals surface area contributed by atoms with Gasteiger partial charge in [0.05, 0.1) is 6.04 Å². The van der Waals surface area contributed by atoms with E-state index < -0.39 is 0 Å². The Kier molecular flexibility index (Phi) is 2.55. The van der Waals surface area contributed by atoms with E-state index in [1.807, 2.05) is 0 Å². The Morgan fingerprint density at radius 2 is 2.00 bits per heavy atom. The molecule has 2 heterocycles. The minimum absolute atomic E-state index is 0.323. The van der Waals surface area contributed by atoms with Crippen molar-refractivity contribution in [3.63, 3.8) is 0 Å². The van der Waals surface area contributed by atoms with Crippen LogP contribution in [0.2, 0.25) is 0 Å². The van der Waals surface area contributed by atoms with Crippen molar-refractivity contribution in [3.8, 4) is 0 Å². The predicted octanol–water partition coefficient (Wildman–Crippen LogP) is 1.37. The van der Waals surface area contributed by atoms with Gasteiger partial charge in [-0.25, -0.2) is 0 Å². The molecule has 1 saturated heterocycles. The molecule has 5 nitrogen and oxygen atoms in total. The number of nitrogens with one attached hydrogen (secondary N) is 2. The fourth-order valence-electron chi connectivity index (χ4n) is 3.15. The van der Waals surface area contributed by atoms with E-state index in [4.69, 9.17) is 5.73 Å². The van der Waals surface area contributed by atoms with Crippen molar-refractivity contribution < 1.29 is 0 Å². The van der Waals surface area contributed by atoms with Crippen molar-refractivity contribution in [1.29, 1.82) is 0 Å². The summed E-state index contributed by atoms with van der Waals surface area (Å²) in [6.07, 6.45) is 7.93. The van der Waals surface area contributed by atoms with Crippen molar-refractivity contribution >= 4 is 5.95 Å². The van der Waals surface area contributed by atoms with Crippen LogP contribution in [0.5, 0.6) is 0 Å². The van der Waals surface area contributed by atoms with Gasteiger partial charge in [0.25, 0.3) is 0 Å². The van der Waals surface area contributed by atoms with Crippen LogP contribution in [-0.4, -0.2) is 21.2 Å². The topological polar surface area (TPSA) is 79.6 Å². The fraction of sp³-hybridized carbons (Fsp3) is 0.818. The highest BCUT2D eigenvalue weighted by atomic mass is 15.3. The lowest BCUT2D eigenvalue weighted by molar-refractivity contribution is 0.173. The SMILES string of the molecule is Nc1n[nH]c(C2CCC3CCCCC3N2)n1. The number of hydrogen-bond donors (Lipinski definition) is 3. The smallest absolute Gasteiger partial charge is 0.239 e. The molecule has 5 heteroatoms. The first-order valence-corrected chi connectivity index (χ1v) is 6.27. The molecule has 0 amide bonds. The number of rotatable bonds is 1. The maximum atomic E-state index is 5.54. The zero-order valence-corrected chi connectivity index (χ0v) is 9.45. The number of anilines is 1. The number of fused-ring (bicyclic) bond motifs is 1. The lowest BCUT2D eigenvalue weighted by Gasteiger charge is -2.39. The Morgan fingerprint density at radius 1 is 1.12 bits per heavy atom. The van der Waals surface area contributed by atoms with Crippen LogP contribution in [-0.2, 0) is 0 Å². The Labute approximate surface area is 95.2 Å². The van der Waals surface area contributed by atoms with Crippen LogP contribution in [0, 0.1) is 5.92 Å². The van der Waals surface area contributed by atoms with Gasteiger partial charge in [0.15, 0.2) is 0 Å². The lowest BCUT2D eigenvalue weighted by atomic mass is 9.77. The van der Waals surface area contributed by atoms with Crippen LogP contribution in [0.4, 0.5) is 5.95 Å². The Morgan fingerprint density at radius 3 is 2.81 bits per heavy atom. The standard InChI is InChI=1S/C11H19N5/c12-11-14-10(15-16-11)9-6-5-7-3-1-2-4-8(7)13-9/h7-9,13H,1-6H2,(H3,12,14,15,16). The summed E-state index contributed by atoms with van der Waals surface area (Å²) >= 11 is 0. The average molecular weight is 221 g/mol. The molecule has 16 heavy (non-hydrogen) atoms. The van der Waals surface area contributed by atoms with Gasteiger partial charge in [-0.1, -0.05) is 12.8 Å². The van der Waals surface area contributed by atoms with Gasteiger partial charge < -0.3 is 11.1 Å². The van der Waals surface area contributed by atoms with Crippen LogP contribution >= 0.6 is 0 Å². The van der Waals surface area contributed by atoms with Crippen LogP contribution in [0.15, 0.2) is 0 Å². The van der Waals surface area contributed by atoms with Gasteiger partial charge in [0.1, 0.15) is 5.82 Å². The summed E-state index contributed by atoms with van der Waals surface area (Å²) < 4.78 is 0. The number of nitrogens with zero attached hydrogens (tertiary/aromatic N) is 2. The third-order valence-corrected chi connectivity index (χ3v) is 4.00. The number of aromatic nitrogens is 3. The lowest BCUT2D eigenvalue weighted by Crippen LogP contribution is -2.45. The van der Waals surface area contributed by atoms with Crippen molar-refractivity contribution in [3.05, 3.63) is 5.82 Å². The van der Waals surface area contributed by atoms with Crippen LogP contribution in [0.25, 0.3) is 0 Å². The molecule has 1 aromatic rings. The Balaban J connectivity index is 1.70. The summed E-state index contributed by atoms with van der Waals surface area (Å²) in [6.45, 7) is 0. The molecule has 2 fully saturated rings. The molecule has 0 radical (unpaired) electrons. The number of aromatic amines is 1. The number of hydrogen-bond acceptors (Lipinski definition) is 4. The molecule has 3 atom stereocenters. The normalized spacial score (nSPS) is 34.6. The van der Waals surface area contributed by atoms with Crippen molar-refractivity contribution in [2.45, 2.75) is 50.6 Å². The summed E-state index contributed by atoms with van der Waals surface area (Å²) in [7, 11) is 0. The van der Waals surface area contributed by atoms with Crippen molar-refractivity contribution in [2.24, 2.45) is 5.92 Å². The molecule has 1 saturated carbocycles. The van der Waals surface area contributed by atoms with Crippen LogP contribution < -0.4 is 11.1 Å². The van der Waals surface area contributed by atoms with Gasteiger partial charge in [-0.2, -0.15) is 4.98 Å². The van der Waals surface area contributed by atoms with E-state index in [9.17, 15) is 0 Å². The van der Waals surface area contributed by atoms with E-state index in [2.05, 4.69) is 20.5 Å². The van der Waals surface area contributed by atoms with Crippen LogP contribution in [0.1, 0.15) is 50.4 Å². The monoisotopic (exact) mass is 221 g/mol. The average Bonchev–Trinajstić information content (AvgIpc) is 2.75. The maximum Gasteiger partial charge on any atom is 0.239 e. The highest BCUT2D eigenvalue weighted by molar-refractivity contribution is 5.15. The summed E-state index contributed by atoms with van der Waals surface area (Å²) in [5.74, 6) is 2.13. The number of nitrogens with two attached hydrogens (primary N) is 1. The maximum absolute atomic E-state index is 5.54. The third-order valence-electron chi connectivity index (χ3n) is 4.00. The molecular weight excluding hydrogens is 202 g/mol. The zero-order chi connectivity index (χ0) is 11.0. The first-order chi connectivity index (χ1) is 7.83. The number of H-pyrrole nitrogens is 1. The van der Waals surface area contributed by atoms with E-state index in [1.54, 1.807) is 0 Å². The second kappa shape index (κ2) is 4.05. The molecule has 0 spiro atoms. The fourth-order valence-corrected chi connectivity index (χ4v) is 3.15. The van der Waals surface area contributed by atoms with Gasteiger partial charge in [0, 0.05) is 6.04 Å². The molecular formula is C11H19N5. The second-order valence-electron chi connectivity index (χ2n) is 5.03. The first-order valence-electron chi connectivity index (χ1n) is 6.27. The number of nitrogen functional groups attached to an aromatic ring is 1. The minimum Gasteiger partial charge on any atom is -0.367 e. The molecule has 88 valence electrons. The second-order valence-corrected chi connectivity index (χ2v) is 5.03. The highest BCUT2D eigenvalue weighted by Gasteiger charge is 2.33. The minimum atomic E-state index is 0.323. The molecule has 1 aliphatic heterocycles. The summed E-state index contributed by atoms with van der Waals surface area (Å²) in [6, 6.07) is 1.00. The molecule has 1 aromatic heterocycles. The van der Waals surface area contributed by atoms with E-state index in [1.165, 1.54) is 32.1 Å². The zero-order valence-electron chi connectivity index (χ0n) is 9.45. The third kappa shape index (κ3) is 1.80. The van der Waals surface area contributed by atoms with Crippen molar-refractivity contribution in [2.75, 3.05) is 5.73 Å². The van der Waals surface area contributed by atoms with Gasteiger partial charge >= 0.3 is 0 Å². The molecule has 4 N–H and O–H groups in total. The largest absolute Gasteiger partial charge is 0.367 e. The van der Waals surface area contributed by atoms with Gasteiger partial charge in [-0.05, 0) is 31.6 Å². The summed E-state index contributed by atoms with van der Waals surface area (Å²) in [4.78, 5) is 4.22. The van der Waals surface area contributed by atoms with E-state index in [0.29, 0.717) is 18.0 Å². The molecule has 3 rings (SSSR count). The molecule has 1 aliphatic carbocycles. The molecule has 0 bridgehead atoms. The van der Waals surface area contributed by atoms with Crippen LogP contribution in [0.3, 0.4) is 0 Å². The van der Waals surface area contributed by atoms with Crippen molar-refractivity contribution in [1.82, 2.24) is 20.5 Å². The highest BCUT2D eigenvalue weighted by Crippen LogP contribution is 2.35. The summed E-state index contributed by atoms with van der Waals surface area (Å²) in [5.41, 5.74) is 5.54. The quantitative estimate of drug-likeness (QED) is 0.669. The molecule has 0 aromatic carbocycles. The van der Waals surface area contributed by atoms with E-state index >= 15 is 0 Å². The Bertz CT molecular complexity index is 361. The van der Waals surface area contributed by atoms with E-state index in [-0.39, 0.29) is 0 Å². The first kappa shape index (κ1) is 10.1. The predicted molar refractivity (Wildman–Crippen MR) is 61.7 cm³/mol. The van der Waals surface area contributed by atoms with Gasteiger partial charge in [-0.15, -0.1) is 5.10 Å². The number of piperidine rings is 1. The van der Waals surface area contributed by atoms with E-state index in [0.717, 1.165) is 18.2 Å². The van der Waals surface area contributed by atoms with Gasteiger partial charge in [0.2, 0.25) is 5.95 Å². The molecule has 2 aliphatic rings. The van der Waals surface area contributed by atoms with Gasteiger partial charge in [-0.3, -0.25) is 5.10 Å². The molecule has 3 unspecified atom stereocenters.